The van der Waals surface area contributed by atoms with E-state index in [1.54, 1.807) is 24.3 Å². The fourth-order valence-corrected chi connectivity index (χ4v) is 3.13. The summed E-state index contributed by atoms with van der Waals surface area (Å²) in [7, 11) is 0. The lowest BCUT2D eigenvalue weighted by molar-refractivity contribution is -0.141. The van der Waals surface area contributed by atoms with Gasteiger partial charge in [-0.05, 0) is 12.1 Å². The smallest absolute Gasteiger partial charge is 0.418 e. The van der Waals surface area contributed by atoms with Crippen LogP contribution in [0.15, 0.2) is 52.6 Å². The number of halogens is 3. The van der Waals surface area contributed by atoms with Gasteiger partial charge in [-0.3, -0.25) is 0 Å². The minimum absolute atomic E-state index is 0.0446. The summed E-state index contributed by atoms with van der Waals surface area (Å²) in [5.41, 5.74) is 0.117. The number of aromatic hydroxyl groups is 1. The van der Waals surface area contributed by atoms with Crippen LogP contribution in [0.1, 0.15) is 23.6 Å². The van der Waals surface area contributed by atoms with Crippen molar-refractivity contribution in [3.8, 4) is 5.88 Å². The summed E-state index contributed by atoms with van der Waals surface area (Å²) in [6.07, 6.45) is -4.61. The largest absolute Gasteiger partial charge is 0.494 e. The molecular formula is C19H12F3N3O3. The summed E-state index contributed by atoms with van der Waals surface area (Å²) in [6, 6.07) is 10.4. The Labute approximate surface area is 156 Å². The number of oxime groups is 1. The van der Waals surface area contributed by atoms with E-state index in [1.165, 1.54) is 19.1 Å². The fraction of sp³-hybridized carbons (Fsp3) is 0.105. The molecule has 28 heavy (non-hydrogen) atoms. The van der Waals surface area contributed by atoms with Gasteiger partial charge in [0.1, 0.15) is 11.4 Å². The van der Waals surface area contributed by atoms with Gasteiger partial charge >= 0.3 is 12.1 Å². The highest BCUT2D eigenvalue weighted by Gasteiger charge is 2.36. The van der Waals surface area contributed by atoms with E-state index in [0.717, 1.165) is 6.07 Å². The van der Waals surface area contributed by atoms with Crippen LogP contribution in [-0.4, -0.2) is 27.5 Å². The lowest BCUT2D eigenvalue weighted by Crippen LogP contribution is -2.14. The first-order valence-corrected chi connectivity index (χ1v) is 8.12. The molecule has 0 saturated carbocycles. The first-order valence-electron chi connectivity index (χ1n) is 8.12. The van der Waals surface area contributed by atoms with Gasteiger partial charge in [0.2, 0.25) is 0 Å². The third-order valence-corrected chi connectivity index (χ3v) is 4.24. The van der Waals surface area contributed by atoms with Crippen molar-refractivity contribution in [2.75, 3.05) is 0 Å². The lowest BCUT2D eigenvalue weighted by Gasteiger charge is -2.08. The van der Waals surface area contributed by atoms with Gasteiger partial charge in [-0.2, -0.15) is 13.2 Å². The first-order chi connectivity index (χ1) is 13.3. The van der Waals surface area contributed by atoms with Crippen molar-refractivity contribution in [2.45, 2.75) is 13.1 Å². The molecule has 4 rings (SSSR count). The second-order valence-corrected chi connectivity index (χ2v) is 6.07. The molecule has 2 N–H and O–H groups in total. The van der Waals surface area contributed by atoms with E-state index in [4.69, 9.17) is 4.84 Å². The van der Waals surface area contributed by atoms with Crippen LogP contribution in [-0.2, 0) is 15.8 Å². The fourth-order valence-electron chi connectivity index (χ4n) is 3.13. The predicted molar refractivity (Wildman–Crippen MR) is 95.9 cm³/mol. The van der Waals surface area contributed by atoms with E-state index < -0.39 is 23.6 Å². The molecule has 6 nitrogen and oxygen atoms in total. The number of carbonyl (C=O) groups excluding carboxylic acids is 1. The molecule has 142 valence electrons. The number of aromatic nitrogens is 1. The molecule has 2 heterocycles. The lowest BCUT2D eigenvalue weighted by atomic mass is 10.00. The molecule has 0 unspecified atom stereocenters. The standard InChI is InChI=1S/C19H12F3N3O3/c1-9(26)28-25-16-10-5-2-3-8-13(10)23-17(16)14-11-6-4-7-12(19(20,21)22)15(11)24-18(14)27/h2-8,24,27H,1H3. The van der Waals surface area contributed by atoms with Gasteiger partial charge in [0, 0.05) is 17.9 Å². The van der Waals surface area contributed by atoms with Gasteiger partial charge in [0.05, 0.1) is 22.3 Å². The molecule has 0 aliphatic carbocycles. The minimum atomic E-state index is -4.61. The molecule has 1 aliphatic rings. The van der Waals surface area contributed by atoms with Crippen LogP contribution in [0.3, 0.4) is 0 Å². The summed E-state index contributed by atoms with van der Waals surface area (Å²) in [5, 5.41) is 14.3. The summed E-state index contributed by atoms with van der Waals surface area (Å²) >= 11 is 0. The van der Waals surface area contributed by atoms with E-state index in [-0.39, 0.29) is 27.9 Å². The number of para-hydroxylation sites is 2. The summed E-state index contributed by atoms with van der Waals surface area (Å²) in [4.78, 5) is 22.7. The van der Waals surface area contributed by atoms with Crippen LogP contribution in [0.5, 0.6) is 5.88 Å². The zero-order valence-corrected chi connectivity index (χ0v) is 14.3. The Kier molecular flexibility index (Phi) is 3.95. The van der Waals surface area contributed by atoms with Gasteiger partial charge in [0.15, 0.2) is 5.88 Å². The zero-order valence-electron chi connectivity index (χ0n) is 14.3. The Morgan fingerprint density at radius 3 is 2.64 bits per heavy atom. The number of hydrogen-bond donors (Lipinski definition) is 2. The maximum atomic E-state index is 13.3. The Balaban J connectivity index is 1.96. The molecule has 0 radical (unpaired) electrons. The topological polar surface area (TPSA) is 87.0 Å². The van der Waals surface area contributed by atoms with Crippen LogP contribution in [0.25, 0.3) is 10.9 Å². The van der Waals surface area contributed by atoms with Gasteiger partial charge in [0.25, 0.3) is 0 Å². The SMILES string of the molecule is CC(=O)ON=C1C(c2c(O)[nH]c3c(C(F)(F)F)cccc23)=Nc2ccccc21. The number of carbonyl (C=O) groups is 1. The zero-order chi connectivity index (χ0) is 20.1. The molecule has 0 bridgehead atoms. The molecule has 9 heteroatoms. The van der Waals surface area contributed by atoms with Gasteiger partial charge in [-0.25, -0.2) is 9.79 Å². The molecule has 2 aromatic carbocycles. The molecule has 0 spiro atoms. The molecule has 0 atom stereocenters. The highest BCUT2D eigenvalue weighted by molar-refractivity contribution is 6.58. The highest BCUT2D eigenvalue weighted by atomic mass is 19.4. The first kappa shape index (κ1) is 17.8. The van der Waals surface area contributed by atoms with Crippen LogP contribution < -0.4 is 0 Å². The van der Waals surface area contributed by atoms with Crippen molar-refractivity contribution in [3.05, 3.63) is 59.2 Å². The molecule has 3 aromatic rings. The number of rotatable bonds is 2. The Hall–Kier alpha value is -3.62. The van der Waals surface area contributed by atoms with E-state index in [0.29, 0.717) is 11.3 Å². The molecule has 1 aliphatic heterocycles. The van der Waals surface area contributed by atoms with Crippen molar-refractivity contribution in [3.63, 3.8) is 0 Å². The number of aliphatic imine (C=N–C) groups is 1. The maximum Gasteiger partial charge on any atom is 0.418 e. The van der Waals surface area contributed by atoms with Crippen molar-refractivity contribution in [2.24, 2.45) is 10.1 Å². The van der Waals surface area contributed by atoms with Gasteiger partial charge < -0.3 is 14.9 Å². The summed E-state index contributed by atoms with van der Waals surface area (Å²) in [5.74, 6) is -1.16. The number of alkyl halides is 3. The van der Waals surface area contributed by atoms with Gasteiger partial charge in [-0.1, -0.05) is 35.5 Å². The van der Waals surface area contributed by atoms with E-state index in [2.05, 4.69) is 15.1 Å². The molecular weight excluding hydrogens is 375 g/mol. The number of benzene rings is 2. The second kappa shape index (κ2) is 6.22. The number of H-pyrrole nitrogens is 1. The normalized spacial score (nSPS) is 15.0. The number of hydrogen-bond acceptors (Lipinski definition) is 5. The predicted octanol–water partition coefficient (Wildman–Crippen LogP) is 4.29. The van der Waals surface area contributed by atoms with E-state index in [9.17, 15) is 23.1 Å². The van der Waals surface area contributed by atoms with Crippen molar-refractivity contribution >= 4 is 34.0 Å². The monoisotopic (exact) mass is 387 g/mol. The average molecular weight is 387 g/mol. The van der Waals surface area contributed by atoms with Crippen LogP contribution >= 0.6 is 0 Å². The third kappa shape index (κ3) is 2.81. The Bertz CT molecular complexity index is 1180. The van der Waals surface area contributed by atoms with Crippen molar-refractivity contribution < 1.29 is 27.9 Å². The van der Waals surface area contributed by atoms with Crippen molar-refractivity contribution in [1.82, 2.24) is 4.98 Å². The van der Waals surface area contributed by atoms with Gasteiger partial charge in [-0.15, -0.1) is 0 Å². The van der Waals surface area contributed by atoms with Crippen LogP contribution in [0.2, 0.25) is 0 Å². The maximum absolute atomic E-state index is 13.3. The number of nitrogens with zero attached hydrogens (tertiary/aromatic N) is 2. The van der Waals surface area contributed by atoms with Crippen LogP contribution in [0.4, 0.5) is 18.9 Å². The average Bonchev–Trinajstić information content (AvgIpc) is 3.14. The number of fused-ring (bicyclic) bond motifs is 2. The second-order valence-electron chi connectivity index (χ2n) is 6.07. The molecule has 0 saturated heterocycles. The summed E-state index contributed by atoms with van der Waals surface area (Å²) in [6.45, 7) is 1.17. The molecule has 0 amide bonds. The third-order valence-electron chi connectivity index (χ3n) is 4.24. The summed E-state index contributed by atoms with van der Waals surface area (Å²) < 4.78 is 40.0. The minimum Gasteiger partial charge on any atom is -0.494 e. The number of aromatic amines is 1. The number of nitrogens with one attached hydrogen (secondary N) is 1. The van der Waals surface area contributed by atoms with Crippen molar-refractivity contribution in [1.29, 1.82) is 0 Å². The Morgan fingerprint density at radius 1 is 1.18 bits per heavy atom. The Morgan fingerprint density at radius 2 is 1.93 bits per heavy atom. The molecule has 0 fully saturated rings. The quantitative estimate of drug-likeness (QED) is 0.508. The van der Waals surface area contributed by atoms with E-state index >= 15 is 0 Å². The highest BCUT2D eigenvalue weighted by Crippen LogP contribution is 2.40. The molecule has 1 aromatic heterocycles. The van der Waals surface area contributed by atoms with E-state index in [1.807, 2.05) is 0 Å². The van der Waals surface area contributed by atoms with Crippen LogP contribution in [0, 0.1) is 0 Å².